The van der Waals surface area contributed by atoms with E-state index in [1.807, 2.05) is 4.90 Å². The maximum atomic E-state index is 12.3. The lowest BCUT2D eigenvalue weighted by Gasteiger charge is -2.57. The van der Waals surface area contributed by atoms with Crippen molar-refractivity contribution < 1.29 is 9.72 Å². The van der Waals surface area contributed by atoms with Gasteiger partial charge in [-0.1, -0.05) is 6.42 Å². The molecule has 0 unspecified atom stereocenters. The molecule has 5 heteroatoms. The highest BCUT2D eigenvalue weighted by Crippen LogP contribution is 2.58. The van der Waals surface area contributed by atoms with Gasteiger partial charge in [-0.05, 0) is 49.1 Å². The molecule has 3 aliphatic rings. The standard InChI is InChI=1S/C16H18N2O3/c19-15-5-2-11-8-12(18(20)21)3-4-14(11)17(15)13-9-16(10-13)6-1-7-16/h3-4,8,13H,1-2,5-7,9-10H2. The first-order valence-electron chi connectivity index (χ1n) is 7.67. The van der Waals surface area contributed by atoms with Crippen molar-refractivity contribution in [1.82, 2.24) is 0 Å². The van der Waals surface area contributed by atoms with Crippen molar-refractivity contribution in [3.8, 4) is 0 Å². The van der Waals surface area contributed by atoms with Gasteiger partial charge in [-0.15, -0.1) is 0 Å². The topological polar surface area (TPSA) is 63.4 Å². The Hall–Kier alpha value is -1.91. The van der Waals surface area contributed by atoms with Crippen LogP contribution in [-0.4, -0.2) is 16.9 Å². The fourth-order valence-corrected chi connectivity index (χ4v) is 4.22. The normalized spacial score (nSPS) is 23.4. The number of carbonyl (C=O) groups is 1. The van der Waals surface area contributed by atoms with E-state index in [4.69, 9.17) is 0 Å². The number of nitro groups is 1. The third-order valence-corrected chi connectivity index (χ3v) is 5.53. The zero-order valence-corrected chi connectivity index (χ0v) is 11.9. The van der Waals surface area contributed by atoms with Crippen molar-refractivity contribution in [2.75, 3.05) is 4.90 Å². The molecule has 5 nitrogen and oxygen atoms in total. The summed E-state index contributed by atoms with van der Waals surface area (Å²) in [5, 5.41) is 10.9. The number of amides is 1. The van der Waals surface area contributed by atoms with Gasteiger partial charge in [0, 0.05) is 30.3 Å². The Morgan fingerprint density at radius 2 is 2.00 bits per heavy atom. The number of carbonyl (C=O) groups excluding carboxylic acids is 1. The molecule has 1 aromatic carbocycles. The van der Waals surface area contributed by atoms with Crippen LogP contribution in [0.3, 0.4) is 0 Å². The second-order valence-corrected chi connectivity index (χ2v) is 6.75. The van der Waals surface area contributed by atoms with E-state index in [0.717, 1.165) is 24.1 Å². The van der Waals surface area contributed by atoms with Crippen LogP contribution in [0.2, 0.25) is 0 Å². The summed E-state index contributed by atoms with van der Waals surface area (Å²) in [6.07, 6.45) is 7.23. The number of hydrogen-bond donors (Lipinski definition) is 0. The fraction of sp³-hybridized carbons (Fsp3) is 0.562. The molecule has 0 atom stereocenters. The highest BCUT2D eigenvalue weighted by Gasteiger charge is 2.51. The minimum absolute atomic E-state index is 0.118. The Bertz CT molecular complexity index is 628. The van der Waals surface area contributed by atoms with Crippen LogP contribution in [0, 0.1) is 15.5 Å². The van der Waals surface area contributed by atoms with Crippen molar-refractivity contribution in [1.29, 1.82) is 0 Å². The highest BCUT2D eigenvalue weighted by molar-refractivity contribution is 5.97. The smallest absolute Gasteiger partial charge is 0.269 e. The van der Waals surface area contributed by atoms with Crippen LogP contribution in [0.25, 0.3) is 0 Å². The largest absolute Gasteiger partial charge is 0.309 e. The molecule has 0 bridgehead atoms. The summed E-state index contributed by atoms with van der Waals surface area (Å²) in [6.45, 7) is 0. The van der Waals surface area contributed by atoms with Crippen molar-refractivity contribution in [3.05, 3.63) is 33.9 Å². The van der Waals surface area contributed by atoms with E-state index in [9.17, 15) is 14.9 Å². The molecule has 4 rings (SSSR count). The van der Waals surface area contributed by atoms with E-state index in [-0.39, 0.29) is 16.5 Å². The third kappa shape index (κ3) is 1.87. The summed E-state index contributed by atoms with van der Waals surface area (Å²) in [5.41, 5.74) is 2.48. The average Bonchev–Trinajstić information content (AvgIpc) is 2.37. The number of anilines is 1. The predicted octanol–water partition coefficient (Wildman–Crippen LogP) is 3.21. The Labute approximate surface area is 123 Å². The summed E-state index contributed by atoms with van der Waals surface area (Å²) >= 11 is 0. The molecular weight excluding hydrogens is 268 g/mol. The van der Waals surface area contributed by atoms with Gasteiger partial charge in [0.15, 0.2) is 0 Å². The summed E-state index contributed by atoms with van der Waals surface area (Å²) in [4.78, 5) is 24.8. The number of rotatable bonds is 2. The van der Waals surface area contributed by atoms with Gasteiger partial charge in [0.25, 0.3) is 5.69 Å². The molecule has 0 saturated heterocycles. The first kappa shape index (κ1) is 12.8. The Morgan fingerprint density at radius 3 is 2.62 bits per heavy atom. The number of aryl methyl sites for hydroxylation is 1. The van der Waals surface area contributed by atoms with E-state index in [0.29, 0.717) is 24.3 Å². The Kier molecular flexibility index (Phi) is 2.62. The Morgan fingerprint density at radius 1 is 1.24 bits per heavy atom. The summed E-state index contributed by atoms with van der Waals surface area (Å²) in [6, 6.07) is 5.21. The van der Waals surface area contributed by atoms with Crippen LogP contribution in [0.5, 0.6) is 0 Å². The van der Waals surface area contributed by atoms with Gasteiger partial charge in [-0.2, -0.15) is 0 Å². The SMILES string of the molecule is O=C1CCc2cc([N+](=O)[O-])ccc2N1C1CC2(CCC2)C1. The number of benzene rings is 1. The van der Waals surface area contributed by atoms with Gasteiger partial charge in [0.2, 0.25) is 5.91 Å². The lowest BCUT2D eigenvalue weighted by Crippen LogP contribution is -2.56. The molecule has 1 heterocycles. The average molecular weight is 286 g/mol. The van der Waals surface area contributed by atoms with E-state index in [1.54, 1.807) is 12.1 Å². The number of non-ortho nitro benzene ring substituents is 1. The molecule has 1 aliphatic heterocycles. The number of nitro benzene ring substituents is 1. The van der Waals surface area contributed by atoms with Gasteiger partial charge < -0.3 is 4.90 Å². The molecule has 2 aliphatic carbocycles. The van der Waals surface area contributed by atoms with Crippen molar-refractivity contribution in [2.45, 2.75) is 51.0 Å². The molecule has 2 saturated carbocycles. The van der Waals surface area contributed by atoms with Gasteiger partial charge in [0.05, 0.1) is 4.92 Å². The van der Waals surface area contributed by atoms with Crippen molar-refractivity contribution in [2.24, 2.45) is 5.41 Å². The number of nitrogens with zero attached hydrogens (tertiary/aromatic N) is 2. The number of hydrogen-bond acceptors (Lipinski definition) is 3. The predicted molar refractivity (Wildman–Crippen MR) is 78.2 cm³/mol. The quantitative estimate of drug-likeness (QED) is 0.619. The van der Waals surface area contributed by atoms with Gasteiger partial charge in [-0.3, -0.25) is 14.9 Å². The van der Waals surface area contributed by atoms with Gasteiger partial charge in [-0.25, -0.2) is 0 Å². The summed E-state index contributed by atoms with van der Waals surface area (Å²) < 4.78 is 0. The van der Waals surface area contributed by atoms with Crippen molar-refractivity contribution >= 4 is 17.3 Å². The lowest BCUT2D eigenvalue weighted by atomic mass is 9.53. The molecule has 1 spiro atoms. The van der Waals surface area contributed by atoms with Crippen LogP contribution < -0.4 is 4.90 Å². The van der Waals surface area contributed by atoms with Crippen LogP contribution in [-0.2, 0) is 11.2 Å². The van der Waals surface area contributed by atoms with Gasteiger partial charge in [0.1, 0.15) is 0 Å². The van der Waals surface area contributed by atoms with Crippen LogP contribution in [0.1, 0.15) is 44.1 Å². The molecule has 0 radical (unpaired) electrons. The van der Waals surface area contributed by atoms with Crippen molar-refractivity contribution in [3.63, 3.8) is 0 Å². The lowest BCUT2D eigenvalue weighted by molar-refractivity contribution is -0.384. The van der Waals surface area contributed by atoms with Crippen LogP contribution in [0.15, 0.2) is 18.2 Å². The second-order valence-electron chi connectivity index (χ2n) is 6.75. The first-order valence-corrected chi connectivity index (χ1v) is 7.67. The molecule has 1 aromatic rings. The minimum atomic E-state index is -0.367. The number of fused-ring (bicyclic) bond motifs is 1. The molecule has 2 fully saturated rings. The first-order chi connectivity index (χ1) is 10.1. The van der Waals surface area contributed by atoms with E-state index < -0.39 is 0 Å². The molecule has 0 N–H and O–H groups in total. The van der Waals surface area contributed by atoms with Crippen LogP contribution >= 0.6 is 0 Å². The molecule has 1 amide bonds. The molecular formula is C16H18N2O3. The minimum Gasteiger partial charge on any atom is -0.309 e. The monoisotopic (exact) mass is 286 g/mol. The van der Waals surface area contributed by atoms with E-state index >= 15 is 0 Å². The zero-order chi connectivity index (χ0) is 14.6. The van der Waals surface area contributed by atoms with Gasteiger partial charge >= 0.3 is 0 Å². The maximum Gasteiger partial charge on any atom is 0.269 e. The molecule has 110 valence electrons. The molecule has 0 aromatic heterocycles. The summed E-state index contributed by atoms with van der Waals surface area (Å²) in [7, 11) is 0. The van der Waals surface area contributed by atoms with Crippen LogP contribution in [0.4, 0.5) is 11.4 Å². The van der Waals surface area contributed by atoms with E-state index in [2.05, 4.69) is 0 Å². The highest BCUT2D eigenvalue weighted by atomic mass is 16.6. The Balaban J connectivity index is 1.63. The van der Waals surface area contributed by atoms with E-state index in [1.165, 1.54) is 25.3 Å². The fourth-order valence-electron chi connectivity index (χ4n) is 4.22. The zero-order valence-electron chi connectivity index (χ0n) is 11.9. The molecule has 21 heavy (non-hydrogen) atoms. The third-order valence-electron chi connectivity index (χ3n) is 5.53. The summed E-state index contributed by atoms with van der Waals surface area (Å²) in [5.74, 6) is 0.176. The maximum absolute atomic E-state index is 12.3. The second kappa shape index (κ2) is 4.29.